The Bertz CT molecular complexity index is 686. The lowest BCUT2D eigenvalue weighted by molar-refractivity contribution is 0.416. The summed E-state index contributed by atoms with van der Waals surface area (Å²) in [6, 6.07) is 5.03. The van der Waals surface area contributed by atoms with Crippen LogP contribution in [0, 0.1) is 0 Å². The second kappa shape index (κ2) is 8.13. The van der Waals surface area contributed by atoms with Crippen LogP contribution in [0.15, 0.2) is 23.1 Å². The van der Waals surface area contributed by atoms with Gasteiger partial charge in [0.05, 0.1) is 17.7 Å². The maximum Gasteiger partial charge on any atom is 0.243 e. The van der Waals surface area contributed by atoms with Gasteiger partial charge in [0.15, 0.2) is 5.11 Å². The second-order valence-corrected chi connectivity index (χ2v) is 8.23. The highest BCUT2D eigenvalue weighted by Gasteiger charge is 2.27. The Kier molecular flexibility index (Phi) is 6.42. The summed E-state index contributed by atoms with van der Waals surface area (Å²) in [7, 11) is -1.93. The fourth-order valence-electron chi connectivity index (χ4n) is 2.51. The van der Waals surface area contributed by atoms with Crippen molar-refractivity contribution < 1.29 is 13.2 Å². The molecule has 1 aromatic rings. The van der Waals surface area contributed by atoms with Crippen molar-refractivity contribution in [1.29, 1.82) is 0 Å². The third kappa shape index (κ3) is 4.37. The fraction of sp³-hybridized carbons (Fsp3) is 0.562. The SMILES string of the molecule is CCC(C)NC(=S)Nc1cc(S(=O)(=O)N2CCCC2)ccc1OC. The number of sulfonamides is 1. The standard InChI is InChI=1S/C16H25N3O3S2/c1-4-12(2)17-16(23)18-14-11-13(7-8-15(14)22-3)24(20,21)19-9-5-6-10-19/h7-8,11-12H,4-6,9-10H2,1-3H3,(H2,17,18,23). The minimum Gasteiger partial charge on any atom is -0.495 e. The average molecular weight is 372 g/mol. The molecule has 1 atom stereocenters. The van der Waals surface area contributed by atoms with Crippen LogP contribution < -0.4 is 15.4 Å². The summed E-state index contributed by atoms with van der Waals surface area (Å²) in [4.78, 5) is 0.249. The highest BCUT2D eigenvalue weighted by atomic mass is 32.2. The Labute approximate surface area is 149 Å². The van der Waals surface area contributed by atoms with Gasteiger partial charge in [-0.2, -0.15) is 4.31 Å². The molecule has 0 aliphatic carbocycles. The van der Waals surface area contributed by atoms with Gasteiger partial charge in [0.2, 0.25) is 10.0 Å². The van der Waals surface area contributed by atoms with Gasteiger partial charge in [0.1, 0.15) is 5.75 Å². The number of anilines is 1. The number of methoxy groups -OCH3 is 1. The van der Waals surface area contributed by atoms with Gasteiger partial charge in [-0.25, -0.2) is 8.42 Å². The molecule has 0 saturated carbocycles. The number of hydrogen-bond donors (Lipinski definition) is 2. The lowest BCUT2D eigenvalue weighted by Crippen LogP contribution is -2.35. The fourth-order valence-corrected chi connectivity index (χ4v) is 4.36. The summed E-state index contributed by atoms with van der Waals surface area (Å²) in [6.45, 7) is 5.24. The van der Waals surface area contributed by atoms with Crippen molar-refractivity contribution >= 4 is 33.0 Å². The normalized spacial score (nSPS) is 16.6. The molecule has 0 amide bonds. The van der Waals surface area contributed by atoms with Gasteiger partial charge in [0, 0.05) is 19.1 Å². The molecular weight excluding hydrogens is 346 g/mol. The highest BCUT2D eigenvalue weighted by Crippen LogP contribution is 2.30. The third-order valence-electron chi connectivity index (χ3n) is 4.11. The summed E-state index contributed by atoms with van der Waals surface area (Å²) in [6.07, 6.45) is 2.75. The molecule has 1 aliphatic rings. The number of ether oxygens (including phenoxy) is 1. The van der Waals surface area contributed by atoms with E-state index in [0.717, 1.165) is 19.3 Å². The molecule has 0 spiro atoms. The lowest BCUT2D eigenvalue weighted by Gasteiger charge is -2.19. The Balaban J connectivity index is 2.25. The van der Waals surface area contributed by atoms with E-state index in [-0.39, 0.29) is 10.9 Å². The van der Waals surface area contributed by atoms with Crippen LogP contribution in [0.1, 0.15) is 33.1 Å². The predicted molar refractivity (Wildman–Crippen MR) is 100 cm³/mol. The Hall–Kier alpha value is -1.38. The van der Waals surface area contributed by atoms with Crippen LogP contribution in [0.5, 0.6) is 5.75 Å². The maximum absolute atomic E-state index is 12.7. The molecule has 2 N–H and O–H groups in total. The van der Waals surface area contributed by atoms with Gasteiger partial charge in [-0.15, -0.1) is 0 Å². The van der Waals surface area contributed by atoms with Gasteiger partial charge in [0.25, 0.3) is 0 Å². The average Bonchev–Trinajstić information content (AvgIpc) is 3.09. The minimum absolute atomic E-state index is 0.229. The monoisotopic (exact) mass is 371 g/mol. The Morgan fingerprint density at radius 3 is 2.62 bits per heavy atom. The molecule has 1 aromatic carbocycles. The van der Waals surface area contributed by atoms with E-state index in [0.29, 0.717) is 29.6 Å². The van der Waals surface area contributed by atoms with Crippen molar-refractivity contribution in [3.63, 3.8) is 0 Å². The molecule has 24 heavy (non-hydrogen) atoms. The smallest absolute Gasteiger partial charge is 0.243 e. The van der Waals surface area contributed by atoms with Crippen LogP contribution >= 0.6 is 12.2 Å². The molecule has 1 heterocycles. The summed E-state index contributed by atoms with van der Waals surface area (Å²) < 4.78 is 32.2. The summed E-state index contributed by atoms with van der Waals surface area (Å²) in [5, 5.41) is 6.63. The van der Waals surface area contributed by atoms with Crippen molar-refractivity contribution in [3.8, 4) is 5.75 Å². The van der Waals surface area contributed by atoms with Crippen LogP contribution in [0.25, 0.3) is 0 Å². The van der Waals surface area contributed by atoms with E-state index in [9.17, 15) is 8.42 Å². The Morgan fingerprint density at radius 1 is 1.38 bits per heavy atom. The van der Waals surface area contributed by atoms with E-state index in [1.54, 1.807) is 25.3 Å². The topological polar surface area (TPSA) is 70.7 Å². The molecule has 0 radical (unpaired) electrons. The first-order valence-electron chi connectivity index (χ1n) is 8.14. The second-order valence-electron chi connectivity index (χ2n) is 5.88. The van der Waals surface area contributed by atoms with Crippen molar-refractivity contribution in [3.05, 3.63) is 18.2 Å². The van der Waals surface area contributed by atoms with Crippen molar-refractivity contribution in [2.75, 3.05) is 25.5 Å². The quantitative estimate of drug-likeness (QED) is 0.749. The molecule has 1 fully saturated rings. The van der Waals surface area contributed by atoms with E-state index in [4.69, 9.17) is 17.0 Å². The Morgan fingerprint density at radius 2 is 2.04 bits per heavy atom. The molecule has 134 valence electrons. The molecule has 6 nitrogen and oxygen atoms in total. The van der Waals surface area contributed by atoms with Crippen LogP contribution in [0.3, 0.4) is 0 Å². The molecule has 0 bridgehead atoms. The molecule has 1 saturated heterocycles. The number of hydrogen-bond acceptors (Lipinski definition) is 4. The number of nitrogens with one attached hydrogen (secondary N) is 2. The summed E-state index contributed by atoms with van der Waals surface area (Å²) in [5.41, 5.74) is 0.540. The minimum atomic E-state index is -3.48. The third-order valence-corrected chi connectivity index (χ3v) is 6.23. The van der Waals surface area contributed by atoms with Crippen molar-refractivity contribution in [2.45, 2.75) is 44.0 Å². The molecule has 8 heteroatoms. The van der Waals surface area contributed by atoms with E-state index in [2.05, 4.69) is 17.6 Å². The predicted octanol–water partition coefficient (Wildman–Crippen LogP) is 2.56. The van der Waals surface area contributed by atoms with Crippen LogP contribution in [0.4, 0.5) is 5.69 Å². The van der Waals surface area contributed by atoms with E-state index in [1.165, 1.54) is 4.31 Å². The number of rotatable bonds is 6. The maximum atomic E-state index is 12.7. The molecule has 0 aromatic heterocycles. The molecule has 1 aliphatic heterocycles. The van der Waals surface area contributed by atoms with Crippen molar-refractivity contribution in [1.82, 2.24) is 9.62 Å². The summed E-state index contributed by atoms with van der Waals surface area (Å²) >= 11 is 5.29. The van der Waals surface area contributed by atoms with E-state index < -0.39 is 10.0 Å². The first kappa shape index (κ1) is 19.0. The van der Waals surface area contributed by atoms with Crippen LogP contribution in [-0.2, 0) is 10.0 Å². The number of benzene rings is 1. The lowest BCUT2D eigenvalue weighted by atomic mass is 10.2. The van der Waals surface area contributed by atoms with Gasteiger partial charge in [-0.05, 0) is 56.6 Å². The van der Waals surface area contributed by atoms with Crippen LogP contribution in [0.2, 0.25) is 0 Å². The summed E-state index contributed by atoms with van der Waals surface area (Å²) in [5.74, 6) is 0.545. The molecule has 2 rings (SSSR count). The molecular formula is C16H25N3O3S2. The highest BCUT2D eigenvalue weighted by molar-refractivity contribution is 7.89. The van der Waals surface area contributed by atoms with Crippen molar-refractivity contribution in [2.24, 2.45) is 0 Å². The zero-order valence-corrected chi connectivity index (χ0v) is 16.0. The van der Waals surface area contributed by atoms with E-state index in [1.807, 2.05) is 6.92 Å². The zero-order valence-electron chi connectivity index (χ0n) is 14.3. The van der Waals surface area contributed by atoms with Crippen LogP contribution in [-0.4, -0.2) is 44.1 Å². The first-order valence-corrected chi connectivity index (χ1v) is 9.99. The number of thiocarbonyl (C=S) groups is 1. The first-order chi connectivity index (χ1) is 11.4. The largest absolute Gasteiger partial charge is 0.495 e. The van der Waals surface area contributed by atoms with Gasteiger partial charge in [-0.1, -0.05) is 6.92 Å². The van der Waals surface area contributed by atoms with E-state index >= 15 is 0 Å². The van der Waals surface area contributed by atoms with Gasteiger partial charge in [-0.3, -0.25) is 0 Å². The van der Waals surface area contributed by atoms with Gasteiger partial charge < -0.3 is 15.4 Å². The van der Waals surface area contributed by atoms with Gasteiger partial charge >= 0.3 is 0 Å². The number of nitrogens with zero attached hydrogens (tertiary/aromatic N) is 1. The zero-order chi connectivity index (χ0) is 17.7. The molecule has 1 unspecified atom stereocenters.